The smallest absolute Gasteiger partial charge is 0.462 e. The Labute approximate surface area is 302 Å². The second kappa shape index (κ2) is 31.6. The van der Waals surface area contributed by atoms with E-state index in [2.05, 4.69) is 62.5 Å². The molecule has 1 fully saturated rings. The van der Waals surface area contributed by atoms with Gasteiger partial charge in [0.15, 0.2) is 6.10 Å². The third kappa shape index (κ3) is 28.6. The summed E-state index contributed by atoms with van der Waals surface area (Å²) in [6, 6.07) is 0. The first kappa shape index (κ1) is 46.0. The molecule has 0 aromatic rings. The monoisotopic (exact) mass is 725 g/mol. The molecule has 0 bridgehead atoms. The third-order valence-corrected chi connectivity index (χ3v) is 9.10. The topological polar surface area (TPSA) is 147 Å². The number of phosphoric acid groups is 1. The SMILES string of the molecule is CCCC/C=C\CCCCCCCC(=O)OC[C@H](COP(=O)(O)OCCN)OC(=O)CCCC1OC1C/C=C\C/C=C\C/C=C\CCCCC. The van der Waals surface area contributed by atoms with Crippen LogP contribution in [-0.2, 0) is 37.4 Å². The Hall–Kier alpha value is -2.07. The lowest BCUT2D eigenvalue weighted by Crippen LogP contribution is -2.29. The maximum absolute atomic E-state index is 12.6. The molecule has 0 aliphatic carbocycles. The minimum absolute atomic E-state index is 0.0383. The summed E-state index contributed by atoms with van der Waals surface area (Å²) in [7, 11) is -4.40. The van der Waals surface area contributed by atoms with E-state index < -0.39 is 32.5 Å². The zero-order valence-corrected chi connectivity index (χ0v) is 32.0. The molecule has 50 heavy (non-hydrogen) atoms. The van der Waals surface area contributed by atoms with Crippen molar-refractivity contribution >= 4 is 19.8 Å². The summed E-state index contributed by atoms with van der Waals surface area (Å²) in [6.45, 7) is 3.54. The van der Waals surface area contributed by atoms with Gasteiger partial charge in [-0.2, -0.15) is 0 Å². The number of epoxide rings is 1. The number of carbonyl (C=O) groups excluding carboxylic acids is 2. The minimum atomic E-state index is -4.40. The van der Waals surface area contributed by atoms with E-state index in [0.717, 1.165) is 70.6 Å². The first-order chi connectivity index (χ1) is 24.3. The van der Waals surface area contributed by atoms with E-state index in [0.29, 0.717) is 12.8 Å². The summed E-state index contributed by atoms with van der Waals surface area (Å²) >= 11 is 0. The number of hydrogen-bond donors (Lipinski definition) is 2. The molecule has 1 rings (SSSR count). The van der Waals surface area contributed by atoms with Crippen LogP contribution in [0.3, 0.4) is 0 Å². The predicted octanol–water partition coefficient (Wildman–Crippen LogP) is 9.37. The molecule has 3 N–H and O–H groups in total. The molecule has 1 saturated heterocycles. The second-order valence-corrected chi connectivity index (χ2v) is 14.3. The summed E-state index contributed by atoms with van der Waals surface area (Å²) in [4.78, 5) is 34.8. The summed E-state index contributed by atoms with van der Waals surface area (Å²) in [5, 5.41) is 0. The molecule has 288 valence electrons. The second-order valence-electron chi connectivity index (χ2n) is 12.8. The molecule has 0 saturated carbocycles. The molecule has 0 spiro atoms. The number of carbonyl (C=O) groups is 2. The van der Waals surface area contributed by atoms with Gasteiger partial charge in [-0.25, -0.2) is 4.57 Å². The Morgan fingerprint density at radius 2 is 1.32 bits per heavy atom. The van der Waals surface area contributed by atoms with Crippen LogP contribution in [0.25, 0.3) is 0 Å². The molecular formula is C39H68NO9P. The van der Waals surface area contributed by atoms with Crippen LogP contribution in [-0.4, -0.2) is 61.5 Å². The highest BCUT2D eigenvalue weighted by Crippen LogP contribution is 2.43. The van der Waals surface area contributed by atoms with Gasteiger partial charge in [-0.15, -0.1) is 0 Å². The van der Waals surface area contributed by atoms with Crippen LogP contribution in [0.4, 0.5) is 0 Å². The Morgan fingerprint density at radius 3 is 2.04 bits per heavy atom. The highest BCUT2D eigenvalue weighted by molar-refractivity contribution is 7.47. The lowest BCUT2D eigenvalue weighted by atomic mass is 10.1. The van der Waals surface area contributed by atoms with Crippen molar-refractivity contribution < 1.29 is 42.3 Å². The molecule has 0 radical (unpaired) electrons. The van der Waals surface area contributed by atoms with Gasteiger partial charge < -0.3 is 24.8 Å². The summed E-state index contributed by atoms with van der Waals surface area (Å²) in [6.07, 6.45) is 35.9. The van der Waals surface area contributed by atoms with Crippen LogP contribution < -0.4 is 5.73 Å². The fourth-order valence-corrected chi connectivity index (χ4v) is 5.88. The predicted molar refractivity (Wildman–Crippen MR) is 201 cm³/mol. The number of allylic oxidation sites excluding steroid dienone is 7. The van der Waals surface area contributed by atoms with E-state index in [-0.39, 0.29) is 44.8 Å². The van der Waals surface area contributed by atoms with Gasteiger partial charge in [0.05, 0.1) is 25.4 Å². The van der Waals surface area contributed by atoms with E-state index in [1.165, 1.54) is 32.1 Å². The van der Waals surface area contributed by atoms with Crippen LogP contribution >= 0.6 is 7.82 Å². The third-order valence-electron chi connectivity index (χ3n) is 8.11. The van der Waals surface area contributed by atoms with Gasteiger partial charge in [0.2, 0.25) is 0 Å². The quantitative estimate of drug-likeness (QED) is 0.0216. The lowest BCUT2D eigenvalue weighted by molar-refractivity contribution is -0.161. The Bertz CT molecular complexity index is 1030. The molecular weight excluding hydrogens is 657 g/mol. The van der Waals surface area contributed by atoms with Crippen LogP contribution in [0.15, 0.2) is 48.6 Å². The van der Waals surface area contributed by atoms with Gasteiger partial charge >= 0.3 is 19.8 Å². The molecule has 10 nitrogen and oxygen atoms in total. The molecule has 4 atom stereocenters. The Kier molecular flexibility index (Phi) is 29.1. The van der Waals surface area contributed by atoms with Crippen molar-refractivity contribution in [2.24, 2.45) is 5.73 Å². The summed E-state index contributed by atoms with van der Waals surface area (Å²) in [5.74, 6) is -0.922. The average Bonchev–Trinajstić information content (AvgIpc) is 3.85. The molecule has 0 aromatic heterocycles. The van der Waals surface area contributed by atoms with E-state index in [1.807, 2.05) is 0 Å². The van der Waals surface area contributed by atoms with E-state index in [4.69, 9.17) is 29.0 Å². The number of unbranched alkanes of at least 4 members (excludes halogenated alkanes) is 10. The molecule has 0 aromatic carbocycles. The number of nitrogens with two attached hydrogens (primary N) is 1. The van der Waals surface area contributed by atoms with Crippen molar-refractivity contribution in [2.45, 2.75) is 161 Å². The van der Waals surface area contributed by atoms with Crippen molar-refractivity contribution in [3.63, 3.8) is 0 Å². The van der Waals surface area contributed by atoms with Gasteiger partial charge in [-0.1, -0.05) is 107 Å². The van der Waals surface area contributed by atoms with Crippen LogP contribution in [0, 0.1) is 0 Å². The zero-order chi connectivity index (χ0) is 36.5. The minimum Gasteiger partial charge on any atom is -0.462 e. The summed E-state index contributed by atoms with van der Waals surface area (Å²) in [5.41, 5.74) is 5.33. The molecule has 11 heteroatoms. The van der Waals surface area contributed by atoms with Crippen molar-refractivity contribution in [1.29, 1.82) is 0 Å². The molecule has 1 heterocycles. The summed E-state index contributed by atoms with van der Waals surface area (Å²) < 4.78 is 38.4. The number of esters is 2. The fraction of sp³-hybridized carbons (Fsp3) is 0.744. The van der Waals surface area contributed by atoms with E-state index in [1.54, 1.807) is 0 Å². The van der Waals surface area contributed by atoms with Gasteiger partial charge in [0.25, 0.3) is 0 Å². The van der Waals surface area contributed by atoms with Crippen molar-refractivity contribution in [2.75, 3.05) is 26.4 Å². The number of phosphoric ester groups is 1. The Balaban J connectivity index is 2.30. The first-order valence-electron chi connectivity index (χ1n) is 19.2. The fourth-order valence-electron chi connectivity index (χ4n) is 5.11. The molecule has 1 aliphatic rings. The maximum Gasteiger partial charge on any atom is 0.472 e. The molecule has 1 aliphatic heterocycles. The number of hydrogen-bond acceptors (Lipinski definition) is 9. The zero-order valence-electron chi connectivity index (χ0n) is 31.1. The first-order valence-corrected chi connectivity index (χ1v) is 20.7. The number of rotatable bonds is 34. The number of ether oxygens (including phenoxy) is 3. The van der Waals surface area contributed by atoms with E-state index >= 15 is 0 Å². The van der Waals surface area contributed by atoms with Crippen molar-refractivity contribution in [3.05, 3.63) is 48.6 Å². The van der Waals surface area contributed by atoms with Crippen LogP contribution in [0.2, 0.25) is 0 Å². The van der Waals surface area contributed by atoms with Gasteiger partial charge in [0, 0.05) is 19.4 Å². The standard InChI is InChI=1S/C39H68NO9P/c1-3-5-7-9-11-13-15-17-18-20-22-24-27-36-37(49-36)28-26-30-39(42)48-35(34-47-50(43,44)46-32-31-40)33-45-38(41)29-25-23-21-19-16-14-12-10-8-6-4-2/h10-13,17-18,22,24,35-37H,3-9,14-16,19-21,23,25-34,40H2,1-2H3,(H,43,44)/b12-10-,13-11-,18-17-,24-22-/t35-,36?,37?/m1/s1. The average molecular weight is 726 g/mol. The van der Waals surface area contributed by atoms with Gasteiger partial charge in [-0.05, 0) is 70.6 Å². The lowest BCUT2D eigenvalue weighted by Gasteiger charge is -2.19. The normalized spacial score (nSPS) is 18.0. The van der Waals surface area contributed by atoms with Crippen molar-refractivity contribution in [3.8, 4) is 0 Å². The highest BCUT2D eigenvalue weighted by atomic mass is 31.2. The largest absolute Gasteiger partial charge is 0.472 e. The maximum atomic E-state index is 12.6. The Morgan fingerprint density at radius 1 is 0.720 bits per heavy atom. The van der Waals surface area contributed by atoms with Gasteiger partial charge in [-0.3, -0.25) is 18.6 Å². The van der Waals surface area contributed by atoms with Crippen LogP contribution in [0.1, 0.15) is 142 Å². The molecule has 3 unspecified atom stereocenters. The van der Waals surface area contributed by atoms with Gasteiger partial charge in [0.1, 0.15) is 6.61 Å². The highest BCUT2D eigenvalue weighted by Gasteiger charge is 2.36. The molecule has 0 amide bonds. The van der Waals surface area contributed by atoms with Crippen molar-refractivity contribution in [1.82, 2.24) is 0 Å². The van der Waals surface area contributed by atoms with E-state index in [9.17, 15) is 19.0 Å². The van der Waals surface area contributed by atoms with Crippen LogP contribution in [0.5, 0.6) is 0 Å².